The smallest absolute Gasteiger partial charge is 0.345 e. The summed E-state index contributed by atoms with van der Waals surface area (Å²) < 4.78 is 18.0. The lowest BCUT2D eigenvalue weighted by Gasteiger charge is -2.22. The Balaban J connectivity index is 2.12. The monoisotopic (exact) mass is 389 g/mol. The van der Waals surface area contributed by atoms with E-state index in [4.69, 9.17) is 10.5 Å². The minimum Gasteiger partial charge on any atom is -0.452 e. The highest BCUT2D eigenvalue weighted by Crippen LogP contribution is 2.19. The number of benzene rings is 2. The number of nitrogens with zero attached hydrogens (tertiary/aromatic N) is 2. The van der Waals surface area contributed by atoms with Gasteiger partial charge in [-0.2, -0.15) is 0 Å². The zero-order valence-corrected chi connectivity index (χ0v) is 14.5. The van der Waals surface area contributed by atoms with Crippen molar-refractivity contribution in [2.75, 3.05) is 18.1 Å². The number of anilines is 1. The third-order valence-corrected chi connectivity index (χ3v) is 3.67. The Morgan fingerprint density at radius 3 is 2.36 bits per heavy atom. The zero-order valence-electron chi connectivity index (χ0n) is 14.5. The van der Waals surface area contributed by atoms with Crippen LogP contribution < -0.4 is 10.6 Å². The molecule has 2 aromatic rings. The number of carbonyl (C=O) groups excluding carboxylic acids is 3. The molecule has 2 aromatic carbocycles. The van der Waals surface area contributed by atoms with E-state index in [1.807, 2.05) is 0 Å². The molecular formula is C18H16FN3O6. The highest BCUT2D eigenvalue weighted by atomic mass is 19.1. The van der Waals surface area contributed by atoms with E-state index < -0.39 is 40.8 Å². The van der Waals surface area contributed by atoms with Gasteiger partial charge in [0.2, 0.25) is 5.91 Å². The number of rotatable bonds is 8. The third kappa shape index (κ3) is 5.34. The van der Waals surface area contributed by atoms with E-state index >= 15 is 0 Å². The second kappa shape index (κ2) is 9.21. The minimum absolute atomic E-state index is 0.108. The molecule has 0 spiro atoms. The molecule has 0 fully saturated rings. The molecule has 0 aromatic heterocycles. The Hall–Kier alpha value is -3.82. The summed E-state index contributed by atoms with van der Waals surface area (Å²) in [5, 5.41) is 11.0. The summed E-state index contributed by atoms with van der Waals surface area (Å²) >= 11 is 0. The molecule has 9 nitrogen and oxygen atoms in total. The summed E-state index contributed by atoms with van der Waals surface area (Å²) in [6.45, 7) is -0.843. The first-order valence-electron chi connectivity index (χ1n) is 8.04. The molecule has 10 heteroatoms. The minimum atomic E-state index is -1.05. The molecule has 0 saturated heterocycles. The van der Waals surface area contributed by atoms with Gasteiger partial charge in [0.05, 0.1) is 4.92 Å². The molecule has 2 amide bonds. The molecule has 0 atom stereocenters. The molecule has 0 heterocycles. The Bertz CT molecular complexity index is 900. The Labute approximate surface area is 158 Å². The number of nitro benzene ring substituents is 1. The largest absolute Gasteiger partial charge is 0.452 e. The number of halogens is 1. The van der Waals surface area contributed by atoms with E-state index in [-0.39, 0.29) is 24.2 Å². The maximum atomic E-state index is 13.1. The predicted molar refractivity (Wildman–Crippen MR) is 95.9 cm³/mol. The van der Waals surface area contributed by atoms with Gasteiger partial charge in [0.25, 0.3) is 11.6 Å². The third-order valence-electron chi connectivity index (χ3n) is 3.67. The highest BCUT2D eigenvalue weighted by Gasteiger charge is 2.23. The van der Waals surface area contributed by atoms with Crippen molar-refractivity contribution >= 4 is 29.2 Å². The van der Waals surface area contributed by atoms with Gasteiger partial charge in [-0.05, 0) is 30.3 Å². The van der Waals surface area contributed by atoms with Crippen LogP contribution in [0.3, 0.4) is 0 Å². The van der Waals surface area contributed by atoms with Crippen LogP contribution in [-0.2, 0) is 14.3 Å². The van der Waals surface area contributed by atoms with Crippen LogP contribution in [-0.4, -0.2) is 35.9 Å². The fraction of sp³-hybridized carbons (Fsp3) is 0.167. The lowest BCUT2D eigenvalue weighted by Crippen LogP contribution is -2.37. The predicted octanol–water partition coefficient (Wildman–Crippen LogP) is 1.80. The van der Waals surface area contributed by atoms with Gasteiger partial charge in [-0.1, -0.05) is 12.1 Å². The SMILES string of the molecule is NC(=O)CCN(C(=O)COC(=O)c1ccccc1[N+](=O)[O-])c1ccc(F)cc1. The number of esters is 1. The van der Waals surface area contributed by atoms with E-state index in [9.17, 15) is 28.9 Å². The molecule has 0 bridgehead atoms. The summed E-state index contributed by atoms with van der Waals surface area (Å²) in [6.07, 6.45) is -0.165. The van der Waals surface area contributed by atoms with Gasteiger partial charge in [-0.3, -0.25) is 19.7 Å². The maximum absolute atomic E-state index is 13.1. The zero-order chi connectivity index (χ0) is 20.7. The molecule has 0 aliphatic carbocycles. The van der Waals surface area contributed by atoms with Crippen LogP contribution in [0.4, 0.5) is 15.8 Å². The van der Waals surface area contributed by atoms with Crippen molar-refractivity contribution in [3.63, 3.8) is 0 Å². The van der Waals surface area contributed by atoms with Crippen LogP contribution in [0.2, 0.25) is 0 Å². The summed E-state index contributed by atoms with van der Waals surface area (Å²) in [5.41, 5.74) is 4.62. The lowest BCUT2D eigenvalue weighted by atomic mass is 10.2. The standard InChI is InChI=1S/C18H16FN3O6/c19-12-5-7-13(8-6-12)21(10-9-16(20)23)17(24)11-28-18(25)14-3-1-2-4-15(14)22(26)27/h1-8H,9-11H2,(H2,20,23). The fourth-order valence-electron chi connectivity index (χ4n) is 2.33. The van der Waals surface area contributed by atoms with E-state index in [1.54, 1.807) is 0 Å². The van der Waals surface area contributed by atoms with Gasteiger partial charge < -0.3 is 15.4 Å². The van der Waals surface area contributed by atoms with E-state index in [0.29, 0.717) is 0 Å². The van der Waals surface area contributed by atoms with Crippen molar-refractivity contribution in [1.82, 2.24) is 0 Å². The summed E-state index contributed by atoms with van der Waals surface area (Å²) in [4.78, 5) is 47.0. The molecule has 2 rings (SSSR count). The van der Waals surface area contributed by atoms with Gasteiger partial charge >= 0.3 is 5.97 Å². The number of carbonyl (C=O) groups is 3. The summed E-state index contributed by atoms with van der Waals surface area (Å²) in [7, 11) is 0. The molecule has 28 heavy (non-hydrogen) atoms. The fourth-order valence-corrected chi connectivity index (χ4v) is 2.33. The highest BCUT2D eigenvalue weighted by molar-refractivity contribution is 5.98. The molecular weight excluding hydrogens is 373 g/mol. The van der Waals surface area contributed by atoms with Gasteiger partial charge in [0.1, 0.15) is 11.4 Å². The molecule has 0 radical (unpaired) electrons. The van der Waals surface area contributed by atoms with Crippen molar-refractivity contribution in [2.45, 2.75) is 6.42 Å². The molecule has 0 unspecified atom stereocenters. The number of para-hydroxylation sites is 1. The number of hydrogen-bond donors (Lipinski definition) is 1. The number of amides is 2. The van der Waals surface area contributed by atoms with Gasteiger partial charge in [-0.25, -0.2) is 9.18 Å². The average Bonchev–Trinajstić information content (AvgIpc) is 2.67. The van der Waals surface area contributed by atoms with Crippen LogP contribution in [0.25, 0.3) is 0 Å². The van der Waals surface area contributed by atoms with Gasteiger partial charge in [0, 0.05) is 24.7 Å². The molecule has 0 aliphatic heterocycles. The average molecular weight is 389 g/mol. The van der Waals surface area contributed by atoms with Crippen molar-refractivity contribution < 1.29 is 28.4 Å². The van der Waals surface area contributed by atoms with Gasteiger partial charge in [-0.15, -0.1) is 0 Å². The number of nitro groups is 1. The normalized spacial score (nSPS) is 10.2. The quantitative estimate of drug-likeness (QED) is 0.416. The van der Waals surface area contributed by atoms with Crippen LogP contribution in [0, 0.1) is 15.9 Å². The first-order chi connectivity index (χ1) is 13.3. The lowest BCUT2D eigenvalue weighted by molar-refractivity contribution is -0.385. The van der Waals surface area contributed by atoms with Gasteiger partial charge in [0.15, 0.2) is 6.61 Å². The summed E-state index contributed by atoms with van der Waals surface area (Å²) in [5.74, 6) is -2.93. The second-order valence-corrected chi connectivity index (χ2v) is 5.59. The van der Waals surface area contributed by atoms with E-state index in [2.05, 4.69) is 0 Å². The van der Waals surface area contributed by atoms with E-state index in [0.717, 1.165) is 23.1 Å². The topological polar surface area (TPSA) is 133 Å². The van der Waals surface area contributed by atoms with Crippen molar-refractivity contribution in [1.29, 1.82) is 0 Å². The van der Waals surface area contributed by atoms with Crippen LogP contribution in [0.5, 0.6) is 0 Å². The first kappa shape index (κ1) is 20.5. The Morgan fingerprint density at radius 2 is 1.75 bits per heavy atom. The van der Waals surface area contributed by atoms with Crippen molar-refractivity contribution in [3.05, 3.63) is 70.0 Å². The molecule has 2 N–H and O–H groups in total. The van der Waals surface area contributed by atoms with Crippen LogP contribution >= 0.6 is 0 Å². The number of primary amides is 1. The second-order valence-electron chi connectivity index (χ2n) is 5.59. The molecule has 0 aliphatic rings. The van der Waals surface area contributed by atoms with Crippen LogP contribution in [0.15, 0.2) is 48.5 Å². The van der Waals surface area contributed by atoms with Crippen molar-refractivity contribution in [3.8, 4) is 0 Å². The number of ether oxygens (including phenoxy) is 1. The Kier molecular flexibility index (Phi) is 6.74. The summed E-state index contributed by atoms with van der Waals surface area (Å²) in [6, 6.07) is 10.0. The van der Waals surface area contributed by atoms with Crippen molar-refractivity contribution in [2.24, 2.45) is 5.73 Å². The molecule has 0 saturated carbocycles. The first-order valence-corrected chi connectivity index (χ1v) is 8.04. The Morgan fingerprint density at radius 1 is 1.11 bits per heavy atom. The number of nitrogens with two attached hydrogens (primary N) is 1. The number of hydrogen-bond acceptors (Lipinski definition) is 6. The van der Waals surface area contributed by atoms with Crippen LogP contribution in [0.1, 0.15) is 16.8 Å². The maximum Gasteiger partial charge on any atom is 0.345 e. The molecule has 146 valence electrons. The van der Waals surface area contributed by atoms with E-state index in [1.165, 1.54) is 30.3 Å².